The second kappa shape index (κ2) is 5.92. The summed E-state index contributed by atoms with van der Waals surface area (Å²) in [6, 6.07) is 0. The number of hydrogen-bond donors (Lipinski definition) is 3. The lowest BCUT2D eigenvalue weighted by molar-refractivity contribution is 0.250. The molecular formula is C10H18N4O2S. The Labute approximate surface area is 104 Å². The molecule has 0 amide bonds. The van der Waals surface area contributed by atoms with Crippen molar-refractivity contribution >= 4 is 17.6 Å². The van der Waals surface area contributed by atoms with Crippen LogP contribution in [0.5, 0.6) is 0 Å². The molecular weight excluding hydrogens is 240 g/mol. The van der Waals surface area contributed by atoms with Gasteiger partial charge in [-0.25, -0.2) is 0 Å². The van der Waals surface area contributed by atoms with Crippen LogP contribution in [0.4, 0.5) is 0 Å². The van der Waals surface area contributed by atoms with E-state index in [1.165, 1.54) is 11.8 Å². The molecule has 1 unspecified atom stereocenters. The highest BCUT2D eigenvalue weighted by Gasteiger charge is 2.18. The number of aliphatic hydroxyl groups excluding tert-OH is 1. The minimum Gasteiger partial charge on any atom is -0.409 e. The van der Waals surface area contributed by atoms with Crippen molar-refractivity contribution < 1.29 is 10.3 Å². The third-order valence-corrected chi connectivity index (χ3v) is 3.83. The van der Waals surface area contributed by atoms with Gasteiger partial charge in [0.15, 0.2) is 5.84 Å². The van der Waals surface area contributed by atoms with Crippen molar-refractivity contribution in [3.05, 3.63) is 11.3 Å². The third-order valence-electron chi connectivity index (χ3n) is 2.35. The minimum absolute atomic E-state index is 0.0646. The van der Waals surface area contributed by atoms with Gasteiger partial charge in [0.25, 0.3) is 0 Å². The summed E-state index contributed by atoms with van der Waals surface area (Å²) in [7, 11) is 1.81. The van der Waals surface area contributed by atoms with Gasteiger partial charge >= 0.3 is 0 Å². The van der Waals surface area contributed by atoms with Gasteiger partial charge in [-0.05, 0) is 12.8 Å². The van der Waals surface area contributed by atoms with Gasteiger partial charge in [-0.15, -0.1) is 11.8 Å². The van der Waals surface area contributed by atoms with Crippen molar-refractivity contribution in [3.8, 4) is 0 Å². The fourth-order valence-corrected chi connectivity index (χ4v) is 2.59. The summed E-state index contributed by atoms with van der Waals surface area (Å²) < 4.78 is 1.71. The van der Waals surface area contributed by atoms with Crippen molar-refractivity contribution in [3.63, 3.8) is 0 Å². The first-order valence-electron chi connectivity index (χ1n) is 5.26. The Morgan fingerprint density at radius 1 is 1.65 bits per heavy atom. The number of aryl methyl sites for hydroxylation is 2. The van der Waals surface area contributed by atoms with Crippen LogP contribution in [0, 0.1) is 12.8 Å². The van der Waals surface area contributed by atoms with Gasteiger partial charge in [0.2, 0.25) is 0 Å². The zero-order valence-electron chi connectivity index (χ0n) is 10.2. The molecule has 0 spiro atoms. The van der Waals surface area contributed by atoms with Crippen LogP contribution in [0.1, 0.15) is 18.2 Å². The number of aromatic nitrogens is 2. The first kappa shape index (κ1) is 13.9. The van der Waals surface area contributed by atoms with Crippen LogP contribution in [0.3, 0.4) is 0 Å². The highest BCUT2D eigenvalue weighted by molar-refractivity contribution is 7.99. The lowest BCUT2D eigenvalue weighted by Crippen LogP contribution is -2.15. The normalized spacial score (nSPS) is 14.0. The molecule has 0 aliphatic rings. The molecule has 0 radical (unpaired) electrons. The molecule has 4 N–H and O–H groups in total. The van der Waals surface area contributed by atoms with Crippen molar-refractivity contribution in [2.75, 3.05) is 12.4 Å². The smallest absolute Gasteiger partial charge is 0.174 e. The van der Waals surface area contributed by atoms with Crippen LogP contribution in [-0.2, 0) is 7.05 Å². The zero-order valence-corrected chi connectivity index (χ0v) is 11.0. The molecule has 0 aliphatic heterocycles. The third kappa shape index (κ3) is 3.13. The van der Waals surface area contributed by atoms with Crippen molar-refractivity contribution in [2.24, 2.45) is 23.9 Å². The molecule has 1 aromatic heterocycles. The molecule has 0 aliphatic carbocycles. The van der Waals surface area contributed by atoms with Gasteiger partial charge < -0.3 is 16.0 Å². The van der Waals surface area contributed by atoms with Gasteiger partial charge in [0.1, 0.15) is 5.03 Å². The average molecular weight is 258 g/mol. The van der Waals surface area contributed by atoms with Crippen LogP contribution in [0.15, 0.2) is 10.2 Å². The molecule has 7 heteroatoms. The Bertz CT molecular complexity index is 417. The number of amidine groups is 1. The molecule has 0 saturated heterocycles. The summed E-state index contributed by atoms with van der Waals surface area (Å²) in [5.74, 6) is 1.01. The molecule has 17 heavy (non-hydrogen) atoms. The van der Waals surface area contributed by atoms with E-state index in [-0.39, 0.29) is 18.4 Å². The van der Waals surface area contributed by atoms with E-state index in [4.69, 9.17) is 16.0 Å². The Morgan fingerprint density at radius 3 is 2.82 bits per heavy atom. The molecule has 1 aromatic rings. The maximum atomic E-state index is 8.99. The minimum atomic E-state index is 0.0646. The number of aliphatic hydroxyl groups is 1. The highest BCUT2D eigenvalue weighted by atomic mass is 32.2. The highest BCUT2D eigenvalue weighted by Crippen LogP contribution is 2.26. The summed E-state index contributed by atoms with van der Waals surface area (Å²) in [5, 5.41) is 25.8. The maximum Gasteiger partial charge on any atom is 0.174 e. The summed E-state index contributed by atoms with van der Waals surface area (Å²) in [6.07, 6.45) is 0. The van der Waals surface area contributed by atoms with E-state index >= 15 is 0 Å². The van der Waals surface area contributed by atoms with Crippen LogP contribution < -0.4 is 5.73 Å². The fourth-order valence-electron chi connectivity index (χ4n) is 1.42. The second-order valence-electron chi connectivity index (χ2n) is 3.97. The van der Waals surface area contributed by atoms with E-state index in [0.29, 0.717) is 5.56 Å². The van der Waals surface area contributed by atoms with Crippen LogP contribution in [-0.4, -0.2) is 38.3 Å². The number of oxime groups is 1. The van der Waals surface area contributed by atoms with Crippen molar-refractivity contribution in [1.29, 1.82) is 0 Å². The van der Waals surface area contributed by atoms with Gasteiger partial charge in [-0.3, -0.25) is 4.68 Å². The maximum absolute atomic E-state index is 8.99. The molecule has 1 atom stereocenters. The number of nitrogens with two attached hydrogens (primary N) is 1. The first-order chi connectivity index (χ1) is 8.01. The number of rotatable bonds is 5. The molecule has 6 nitrogen and oxygen atoms in total. The van der Waals surface area contributed by atoms with Gasteiger partial charge in [0, 0.05) is 19.4 Å². The molecule has 1 rings (SSSR count). The molecule has 0 fully saturated rings. The van der Waals surface area contributed by atoms with E-state index in [9.17, 15) is 0 Å². The standard InChI is InChI=1S/C10H18N4O2S/c1-6(4-15)5-17-10-8(9(11)13-16)7(2)12-14(10)3/h6,15-16H,4-5H2,1-3H3,(H2,11,13). The van der Waals surface area contributed by atoms with E-state index < -0.39 is 0 Å². The predicted molar refractivity (Wildman–Crippen MR) is 67.4 cm³/mol. The summed E-state index contributed by atoms with van der Waals surface area (Å²) in [6.45, 7) is 3.91. The van der Waals surface area contributed by atoms with E-state index in [2.05, 4.69) is 10.3 Å². The Balaban J connectivity index is 2.98. The summed E-state index contributed by atoms with van der Waals surface area (Å²) in [4.78, 5) is 0. The Kier molecular flexibility index (Phi) is 4.83. The summed E-state index contributed by atoms with van der Waals surface area (Å²) >= 11 is 1.54. The number of thioether (sulfide) groups is 1. The fraction of sp³-hybridized carbons (Fsp3) is 0.600. The predicted octanol–water partition coefficient (Wildman–Crippen LogP) is 0.544. The van der Waals surface area contributed by atoms with E-state index in [0.717, 1.165) is 16.5 Å². The number of hydrogen-bond acceptors (Lipinski definition) is 5. The van der Waals surface area contributed by atoms with E-state index in [1.807, 2.05) is 20.9 Å². The number of nitrogens with zero attached hydrogens (tertiary/aromatic N) is 3. The van der Waals surface area contributed by atoms with Gasteiger partial charge in [-0.1, -0.05) is 12.1 Å². The van der Waals surface area contributed by atoms with Gasteiger partial charge in [0.05, 0.1) is 11.3 Å². The summed E-state index contributed by atoms with van der Waals surface area (Å²) in [5.41, 5.74) is 7.01. The van der Waals surface area contributed by atoms with Crippen molar-refractivity contribution in [2.45, 2.75) is 18.9 Å². The van der Waals surface area contributed by atoms with Gasteiger partial charge in [-0.2, -0.15) is 5.10 Å². The Hall–Kier alpha value is -1.21. The lowest BCUT2D eigenvalue weighted by atomic mass is 10.2. The quantitative estimate of drug-likeness (QED) is 0.235. The molecule has 0 bridgehead atoms. The topological polar surface area (TPSA) is 96.7 Å². The van der Waals surface area contributed by atoms with E-state index in [1.54, 1.807) is 4.68 Å². The molecule has 0 aromatic carbocycles. The van der Waals surface area contributed by atoms with Crippen molar-refractivity contribution in [1.82, 2.24) is 9.78 Å². The van der Waals surface area contributed by atoms with Crippen LogP contribution in [0.25, 0.3) is 0 Å². The van der Waals surface area contributed by atoms with Crippen LogP contribution in [0.2, 0.25) is 0 Å². The lowest BCUT2D eigenvalue weighted by Gasteiger charge is -2.08. The molecule has 96 valence electrons. The second-order valence-corrected chi connectivity index (χ2v) is 4.98. The van der Waals surface area contributed by atoms with Crippen LogP contribution >= 0.6 is 11.8 Å². The SMILES string of the molecule is Cc1nn(C)c(SCC(C)CO)c1C(N)=NO. The Morgan fingerprint density at radius 2 is 2.29 bits per heavy atom. The molecule has 0 saturated carbocycles. The largest absolute Gasteiger partial charge is 0.409 e. The first-order valence-corrected chi connectivity index (χ1v) is 6.25. The monoisotopic (exact) mass is 258 g/mol. The molecule has 1 heterocycles. The average Bonchev–Trinajstić information content (AvgIpc) is 2.59. The zero-order chi connectivity index (χ0) is 13.0.